The van der Waals surface area contributed by atoms with Gasteiger partial charge in [-0.2, -0.15) is 0 Å². The second-order valence-corrected chi connectivity index (χ2v) is 13.0. The van der Waals surface area contributed by atoms with Crippen molar-refractivity contribution in [3.63, 3.8) is 0 Å². The van der Waals surface area contributed by atoms with E-state index in [0.29, 0.717) is 29.4 Å². The Bertz CT molecular complexity index is 1640. The van der Waals surface area contributed by atoms with Gasteiger partial charge in [-0.15, -0.1) is 12.4 Å². The number of sulfonamides is 1. The molecular formula is C34H38ClFN4O4S. The summed E-state index contributed by atoms with van der Waals surface area (Å²) >= 11 is 0. The number of carbonyl (C=O) groups is 1. The Morgan fingerprint density at radius 2 is 1.38 bits per heavy atom. The second-order valence-electron chi connectivity index (χ2n) is 11.2. The first kappa shape index (κ1) is 33.8. The number of rotatable bonds is 10. The van der Waals surface area contributed by atoms with Crippen molar-refractivity contribution in [2.45, 2.75) is 38.9 Å². The number of aryl methyl sites for hydroxylation is 1. The van der Waals surface area contributed by atoms with Crippen LogP contribution >= 0.6 is 12.4 Å². The minimum Gasteiger partial charge on any atom is -0.457 e. The summed E-state index contributed by atoms with van der Waals surface area (Å²) in [6, 6.07) is 28.6. The van der Waals surface area contributed by atoms with Gasteiger partial charge < -0.3 is 15.0 Å². The molecule has 8 nitrogen and oxygen atoms in total. The Morgan fingerprint density at radius 1 is 0.844 bits per heavy atom. The number of benzene rings is 4. The fourth-order valence-corrected chi connectivity index (χ4v) is 5.80. The highest BCUT2D eigenvalue weighted by molar-refractivity contribution is 7.92. The molecule has 4 aromatic rings. The standard InChI is InChI=1S/C34H37FN4O4S.ClH/c1-25-3-5-27(6-4-25)24-39(34(40)36-29-11-9-28(35)10-12-29)31-19-21-38(22-20-31)23-26-7-15-32(16-8-26)43-33-17-13-30(14-18-33)37-44(2,41)42;/h3-18,31,37H,19-24H2,1-2H3,(H,36,40);1H. The molecule has 2 N–H and O–H groups in total. The molecule has 0 bridgehead atoms. The largest absolute Gasteiger partial charge is 0.457 e. The van der Waals surface area contributed by atoms with Crippen LogP contribution in [0.15, 0.2) is 97.1 Å². The van der Waals surface area contributed by atoms with E-state index >= 15 is 0 Å². The van der Waals surface area contributed by atoms with Gasteiger partial charge in [0, 0.05) is 43.6 Å². The number of ether oxygens (including phenoxy) is 1. The number of nitrogens with one attached hydrogen (secondary N) is 2. The summed E-state index contributed by atoms with van der Waals surface area (Å²) in [5.41, 5.74) is 4.44. The van der Waals surface area contributed by atoms with Crippen LogP contribution in [-0.2, 0) is 23.1 Å². The van der Waals surface area contributed by atoms with Crippen molar-refractivity contribution < 1.29 is 22.3 Å². The molecule has 0 unspecified atom stereocenters. The third kappa shape index (κ3) is 10.2. The lowest BCUT2D eigenvalue weighted by atomic mass is 10.0. The van der Waals surface area contributed by atoms with Crippen molar-refractivity contribution in [2.24, 2.45) is 0 Å². The maximum Gasteiger partial charge on any atom is 0.322 e. The third-order valence-corrected chi connectivity index (χ3v) is 8.16. The summed E-state index contributed by atoms with van der Waals surface area (Å²) in [5, 5.41) is 2.95. The van der Waals surface area contributed by atoms with E-state index in [1.807, 2.05) is 36.1 Å². The van der Waals surface area contributed by atoms with Crippen LogP contribution in [0, 0.1) is 12.7 Å². The highest BCUT2D eigenvalue weighted by Crippen LogP contribution is 2.26. The summed E-state index contributed by atoms with van der Waals surface area (Å²) in [7, 11) is -3.33. The van der Waals surface area contributed by atoms with E-state index in [1.165, 1.54) is 17.7 Å². The molecule has 1 fully saturated rings. The fourth-order valence-electron chi connectivity index (χ4n) is 5.24. The van der Waals surface area contributed by atoms with Crippen LogP contribution in [0.5, 0.6) is 11.5 Å². The predicted molar refractivity (Wildman–Crippen MR) is 179 cm³/mol. The van der Waals surface area contributed by atoms with E-state index in [9.17, 15) is 17.6 Å². The van der Waals surface area contributed by atoms with Gasteiger partial charge in [-0.3, -0.25) is 9.62 Å². The summed E-state index contributed by atoms with van der Waals surface area (Å²) in [6.07, 6.45) is 2.79. The van der Waals surface area contributed by atoms with Crippen molar-refractivity contribution >= 4 is 39.8 Å². The zero-order chi connectivity index (χ0) is 31.1. The van der Waals surface area contributed by atoms with Crippen LogP contribution in [0.4, 0.5) is 20.6 Å². The van der Waals surface area contributed by atoms with Gasteiger partial charge in [-0.1, -0.05) is 42.0 Å². The normalized spacial score (nSPS) is 13.8. The topological polar surface area (TPSA) is 91.0 Å². The average Bonchev–Trinajstić information content (AvgIpc) is 3.00. The molecular weight excluding hydrogens is 615 g/mol. The third-order valence-electron chi connectivity index (χ3n) is 7.55. The number of urea groups is 1. The van der Waals surface area contributed by atoms with Crippen LogP contribution in [0.1, 0.15) is 29.5 Å². The molecule has 4 aromatic carbocycles. The molecule has 1 aliphatic rings. The first-order chi connectivity index (χ1) is 21.1. The molecule has 0 radical (unpaired) electrons. The van der Waals surface area contributed by atoms with Gasteiger partial charge in [-0.05, 0) is 91.6 Å². The van der Waals surface area contributed by atoms with Crippen LogP contribution in [0.3, 0.4) is 0 Å². The number of hydrogen-bond acceptors (Lipinski definition) is 5. The lowest BCUT2D eigenvalue weighted by Crippen LogP contribution is -2.48. The second kappa shape index (κ2) is 15.2. The predicted octanol–water partition coefficient (Wildman–Crippen LogP) is 7.42. The van der Waals surface area contributed by atoms with Crippen LogP contribution < -0.4 is 14.8 Å². The molecule has 45 heavy (non-hydrogen) atoms. The molecule has 0 spiro atoms. The minimum atomic E-state index is -3.33. The summed E-state index contributed by atoms with van der Waals surface area (Å²) in [6.45, 7) is 5.03. The van der Waals surface area contributed by atoms with Crippen molar-refractivity contribution in [1.82, 2.24) is 9.80 Å². The Balaban J connectivity index is 0.00000461. The minimum absolute atomic E-state index is 0. The molecule has 238 valence electrons. The van der Waals surface area contributed by atoms with E-state index in [0.717, 1.165) is 49.9 Å². The van der Waals surface area contributed by atoms with Crippen LogP contribution in [0.2, 0.25) is 0 Å². The lowest BCUT2D eigenvalue weighted by Gasteiger charge is -2.38. The smallest absolute Gasteiger partial charge is 0.322 e. The average molecular weight is 653 g/mol. The number of hydrogen-bond donors (Lipinski definition) is 2. The maximum atomic E-state index is 13.4. The van der Waals surface area contributed by atoms with Gasteiger partial charge in [0.15, 0.2) is 0 Å². The molecule has 0 aromatic heterocycles. The van der Waals surface area contributed by atoms with E-state index in [2.05, 4.69) is 39.2 Å². The highest BCUT2D eigenvalue weighted by atomic mass is 35.5. The molecule has 0 aliphatic carbocycles. The molecule has 2 amide bonds. The van der Waals surface area contributed by atoms with Crippen molar-refractivity contribution in [3.8, 4) is 11.5 Å². The van der Waals surface area contributed by atoms with Gasteiger partial charge in [0.25, 0.3) is 0 Å². The molecule has 0 saturated carbocycles. The first-order valence-electron chi connectivity index (χ1n) is 14.6. The van der Waals surface area contributed by atoms with Gasteiger partial charge in [0.05, 0.1) is 6.26 Å². The quantitative estimate of drug-likeness (QED) is 0.186. The molecule has 11 heteroatoms. The summed E-state index contributed by atoms with van der Waals surface area (Å²) < 4.78 is 44.5. The maximum absolute atomic E-state index is 13.4. The number of nitrogens with zero attached hydrogens (tertiary/aromatic N) is 2. The fraction of sp³-hybridized carbons (Fsp3) is 0.265. The van der Waals surface area contributed by atoms with Gasteiger partial charge in [0.2, 0.25) is 10.0 Å². The van der Waals surface area contributed by atoms with E-state index in [1.54, 1.807) is 36.4 Å². The number of piperidine rings is 1. The Labute approximate surface area is 270 Å². The number of amides is 2. The first-order valence-corrected chi connectivity index (χ1v) is 16.4. The van der Waals surface area contributed by atoms with E-state index in [-0.39, 0.29) is 30.3 Å². The van der Waals surface area contributed by atoms with Crippen LogP contribution in [-0.4, -0.2) is 49.6 Å². The van der Waals surface area contributed by atoms with E-state index in [4.69, 9.17) is 4.74 Å². The molecule has 5 rings (SSSR count). The molecule has 1 aliphatic heterocycles. The molecule has 1 heterocycles. The molecule has 1 saturated heterocycles. The van der Waals surface area contributed by atoms with Crippen molar-refractivity contribution in [2.75, 3.05) is 29.4 Å². The number of halogens is 2. The van der Waals surface area contributed by atoms with Gasteiger partial charge in [-0.25, -0.2) is 17.6 Å². The molecule has 0 atom stereocenters. The summed E-state index contributed by atoms with van der Waals surface area (Å²) in [5.74, 6) is 0.956. The SMILES string of the molecule is Cc1ccc(CN(C(=O)Nc2ccc(F)cc2)C2CCN(Cc3ccc(Oc4ccc(NS(C)(=O)=O)cc4)cc3)CC2)cc1.Cl. The van der Waals surface area contributed by atoms with Crippen molar-refractivity contribution in [3.05, 3.63) is 120 Å². The number of anilines is 2. The van der Waals surface area contributed by atoms with Crippen molar-refractivity contribution in [1.29, 1.82) is 0 Å². The highest BCUT2D eigenvalue weighted by Gasteiger charge is 2.28. The summed E-state index contributed by atoms with van der Waals surface area (Å²) in [4.78, 5) is 17.7. The van der Waals surface area contributed by atoms with E-state index < -0.39 is 10.0 Å². The van der Waals surface area contributed by atoms with Gasteiger partial charge >= 0.3 is 6.03 Å². The van der Waals surface area contributed by atoms with Crippen LogP contribution in [0.25, 0.3) is 0 Å². The Morgan fingerprint density at radius 3 is 1.96 bits per heavy atom. The number of carbonyl (C=O) groups excluding carboxylic acids is 1. The zero-order valence-electron chi connectivity index (χ0n) is 25.3. The van der Waals surface area contributed by atoms with Gasteiger partial charge in [0.1, 0.15) is 17.3 Å². The Hall–Kier alpha value is -4.12. The Kier molecular flexibility index (Phi) is 11.4. The monoisotopic (exact) mass is 652 g/mol. The zero-order valence-corrected chi connectivity index (χ0v) is 26.9. The lowest BCUT2D eigenvalue weighted by molar-refractivity contribution is 0.120. The number of likely N-dealkylation sites (tertiary alicyclic amines) is 1.